The summed E-state index contributed by atoms with van der Waals surface area (Å²) in [5.41, 5.74) is 6.45. The van der Waals surface area contributed by atoms with Gasteiger partial charge in [0.15, 0.2) is 5.78 Å². The fourth-order valence-electron chi connectivity index (χ4n) is 1.61. The minimum atomic E-state index is -0.567. The summed E-state index contributed by atoms with van der Waals surface area (Å²) < 4.78 is 18.0. The fourth-order valence-corrected chi connectivity index (χ4v) is 1.61. The summed E-state index contributed by atoms with van der Waals surface area (Å²) in [6.45, 7) is 0. The molecule has 0 saturated heterocycles. The highest BCUT2D eigenvalue weighted by atomic mass is 19.1. The van der Waals surface area contributed by atoms with Gasteiger partial charge in [0, 0.05) is 17.3 Å². The normalized spacial score (nSPS) is 10.1. The van der Waals surface area contributed by atoms with E-state index in [0.717, 1.165) is 12.3 Å². The average molecular weight is 246 g/mol. The second kappa shape index (κ2) is 4.83. The molecule has 0 spiro atoms. The van der Waals surface area contributed by atoms with Crippen LogP contribution >= 0.6 is 0 Å². The Labute approximate surface area is 103 Å². The highest BCUT2D eigenvalue weighted by molar-refractivity contribution is 6.12. The van der Waals surface area contributed by atoms with Crippen LogP contribution in [0, 0.1) is 5.82 Å². The van der Waals surface area contributed by atoms with Crippen molar-refractivity contribution in [3.8, 4) is 5.75 Å². The summed E-state index contributed by atoms with van der Waals surface area (Å²) in [6, 6.07) is 5.98. The molecule has 0 saturated carbocycles. The van der Waals surface area contributed by atoms with E-state index in [2.05, 4.69) is 4.98 Å². The number of para-hydroxylation sites is 1. The summed E-state index contributed by atoms with van der Waals surface area (Å²) in [5.74, 6) is -0.550. The average Bonchev–Trinajstić information content (AvgIpc) is 2.38. The van der Waals surface area contributed by atoms with Gasteiger partial charge < -0.3 is 10.5 Å². The van der Waals surface area contributed by atoms with E-state index in [1.807, 2.05) is 0 Å². The Bertz CT molecular complexity index is 599. The number of carbonyl (C=O) groups excluding carboxylic acids is 1. The summed E-state index contributed by atoms with van der Waals surface area (Å²) in [5, 5.41) is 0. The third-order valence-corrected chi connectivity index (χ3v) is 2.50. The third kappa shape index (κ3) is 2.15. The van der Waals surface area contributed by atoms with Crippen LogP contribution in [0.25, 0.3) is 0 Å². The molecule has 4 nitrogen and oxygen atoms in total. The molecule has 1 aromatic carbocycles. The zero-order chi connectivity index (χ0) is 13.1. The van der Waals surface area contributed by atoms with E-state index >= 15 is 0 Å². The number of methoxy groups -OCH3 is 1. The Morgan fingerprint density at radius 1 is 1.39 bits per heavy atom. The van der Waals surface area contributed by atoms with Gasteiger partial charge in [-0.25, -0.2) is 4.39 Å². The number of anilines is 1. The van der Waals surface area contributed by atoms with Gasteiger partial charge in [0.2, 0.25) is 0 Å². The van der Waals surface area contributed by atoms with Crippen LogP contribution in [0.5, 0.6) is 5.75 Å². The van der Waals surface area contributed by atoms with Gasteiger partial charge >= 0.3 is 0 Å². The summed E-state index contributed by atoms with van der Waals surface area (Å²) in [7, 11) is 1.46. The van der Waals surface area contributed by atoms with E-state index in [0.29, 0.717) is 5.75 Å². The van der Waals surface area contributed by atoms with Crippen molar-refractivity contribution in [2.75, 3.05) is 12.8 Å². The molecule has 0 fully saturated rings. The number of hydrogen-bond donors (Lipinski definition) is 1. The summed E-state index contributed by atoms with van der Waals surface area (Å²) in [6.07, 6.45) is 2.33. The lowest BCUT2D eigenvalue weighted by atomic mass is 10.0. The van der Waals surface area contributed by atoms with Crippen molar-refractivity contribution >= 4 is 11.5 Å². The molecule has 2 aromatic rings. The number of ketones is 1. The Kier molecular flexibility index (Phi) is 3.23. The van der Waals surface area contributed by atoms with Gasteiger partial charge in [-0.2, -0.15) is 0 Å². The number of pyridine rings is 1. The first-order valence-electron chi connectivity index (χ1n) is 5.21. The zero-order valence-corrected chi connectivity index (χ0v) is 9.68. The van der Waals surface area contributed by atoms with E-state index in [4.69, 9.17) is 10.5 Å². The number of carbonyl (C=O) groups is 1. The molecule has 0 aliphatic heterocycles. The maximum absolute atomic E-state index is 13.0. The van der Waals surface area contributed by atoms with Crippen LogP contribution < -0.4 is 10.5 Å². The summed E-state index contributed by atoms with van der Waals surface area (Å²) in [4.78, 5) is 15.8. The maximum atomic E-state index is 13.0. The molecule has 92 valence electrons. The molecule has 18 heavy (non-hydrogen) atoms. The Morgan fingerprint density at radius 3 is 2.83 bits per heavy atom. The molecular weight excluding hydrogens is 235 g/mol. The van der Waals surface area contributed by atoms with Crippen LogP contribution in [-0.4, -0.2) is 17.9 Å². The van der Waals surface area contributed by atoms with Gasteiger partial charge in [-0.1, -0.05) is 6.07 Å². The molecular formula is C13H11FN2O2. The van der Waals surface area contributed by atoms with E-state index in [1.54, 1.807) is 18.2 Å². The molecule has 2 N–H and O–H groups in total. The van der Waals surface area contributed by atoms with Crippen molar-refractivity contribution in [1.29, 1.82) is 0 Å². The molecule has 0 atom stereocenters. The van der Waals surface area contributed by atoms with Crippen molar-refractivity contribution in [2.24, 2.45) is 0 Å². The van der Waals surface area contributed by atoms with E-state index < -0.39 is 11.6 Å². The SMILES string of the molecule is COc1cccc(C(=O)c2cncc(F)c2)c1N. The molecule has 1 heterocycles. The lowest BCUT2D eigenvalue weighted by molar-refractivity contribution is 0.103. The van der Waals surface area contributed by atoms with E-state index in [9.17, 15) is 9.18 Å². The fraction of sp³-hybridized carbons (Fsp3) is 0.0769. The van der Waals surface area contributed by atoms with Crippen molar-refractivity contribution in [3.63, 3.8) is 0 Å². The smallest absolute Gasteiger partial charge is 0.196 e. The lowest BCUT2D eigenvalue weighted by Gasteiger charge is -2.08. The second-order valence-corrected chi connectivity index (χ2v) is 3.64. The van der Waals surface area contributed by atoms with Crippen molar-refractivity contribution in [3.05, 3.63) is 53.6 Å². The Hall–Kier alpha value is -2.43. The van der Waals surface area contributed by atoms with Crippen molar-refractivity contribution < 1.29 is 13.9 Å². The van der Waals surface area contributed by atoms with Gasteiger partial charge in [0.25, 0.3) is 0 Å². The van der Waals surface area contributed by atoms with Crippen molar-refractivity contribution in [1.82, 2.24) is 4.98 Å². The van der Waals surface area contributed by atoms with Crippen LogP contribution in [0.3, 0.4) is 0 Å². The maximum Gasteiger partial charge on any atom is 0.196 e. The van der Waals surface area contributed by atoms with Crippen LogP contribution in [0.2, 0.25) is 0 Å². The first-order valence-corrected chi connectivity index (χ1v) is 5.21. The van der Waals surface area contributed by atoms with E-state index in [1.165, 1.54) is 13.3 Å². The largest absolute Gasteiger partial charge is 0.495 e. The topological polar surface area (TPSA) is 65.2 Å². The van der Waals surface area contributed by atoms with E-state index in [-0.39, 0.29) is 16.8 Å². The Morgan fingerprint density at radius 2 is 2.17 bits per heavy atom. The number of hydrogen-bond acceptors (Lipinski definition) is 4. The highest BCUT2D eigenvalue weighted by Crippen LogP contribution is 2.26. The van der Waals surface area contributed by atoms with Gasteiger partial charge in [-0.05, 0) is 18.2 Å². The second-order valence-electron chi connectivity index (χ2n) is 3.64. The third-order valence-electron chi connectivity index (χ3n) is 2.50. The Balaban J connectivity index is 2.46. The molecule has 0 amide bonds. The molecule has 2 rings (SSSR count). The first-order chi connectivity index (χ1) is 8.63. The number of ether oxygens (including phenoxy) is 1. The molecule has 0 unspecified atom stereocenters. The lowest BCUT2D eigenvalue weighted by Crippen LogP contribution is -2.07. The molecule has 0 aliphatic carbocycles. The minimum Gasteiger partial charge on any atom is -0.495 e. The highest BCUT2D eigenvalue weighted by Gasteiger charge is 2.15. The number of benzene rings is 1. The minimum absolute atomic E-state index is 0.148. The standard InChI is InChI=1S/C13H11FN2O2/c1-18-11-4-2-3-10(12(11)15)13(17)8-5-9(14)7-16-6-8/h2-7H,15H2,1H3. The quantitative estimate of drug-likeness (QED) is 0.664. The van der Waals surface area contributed by atoms with Crippen LogP contribution in [0.4, 0.5) is 10.1 Å². The zero-order valence-electron chi connectivity index (χ0n) is 9.68. The molecule has 0 bridgehead atoms. The number of aromatic nitrogens is 1. The number of rotatable bonds is 3. The predicted molar refractivity (Wildman–Crippen MR) is 65.0 cm³/mol. The van der Waals surface area contributed by atoms with Crippen molar-refractivity contribution in [2.45, 2.75) is 0 Å². The number of halogens is 1. The molecule has 5 heteroatoms. The number of nitrogen functional groups attached to an aromatic ring is 1. The van der Waals surface area contributed by atoms with Crippen LogP contribution in [-0.2, 0) is 0 Å². The van der Waals surface area contributed by atoms with Crippen LogP contribution in [0.1, 0.15) is 15.9 Å². The number of nitrogens with zero attached hydrogens (tertiary/aromatic N) is 1. The molecule has 1 aromatic heterocycles. The predicted octanol–water partition coefficient (Wildman–Crippen LogP) is 2.04. The van der Waals surface area contributed by atoms with Gasteiger partial charge in [0.1, 0.15) is 11.6 Å². The monoisotopic (exact) mass is 246 g/mol. The van der Waals surface area contributed by atoms with Gasteiger partial charge in [0.05, 0.1) is 19.0 Å². The summed E-state index contributed by atoms with van der Waals surface area (Å²) >= 11 is 0. The molecule has 0 radical (unpaired) electrons. The van der Waals surface area contributed by atoms with Gasteiger partial charge in [-0.15, -0.1) is 0 Å². The molecule has 0 aliphatic rings. The van der Waals surface area contributed by atoms with Crippen LogP contribution in [0.15, 0.2) is 36.7 Å². The first kappa shape index (κ1) is 12.0. The van der Waals surface area contributed by atoms with Gasteiger partial charge in [-0.3, -0.25) is 9.78 Å². The number of nitrogens with two attached hydrogens (primary N) is 1.